The number of rotatable bonds is 5. The lowest BCUT2D eigenvalue weighted by atomic mass is 10.0. The summed E-state index contributed by atoms with van der Waals surface area (Å²) in [4.78, 5) is 12.3. The predicted octanol–water partition coefficient (Wildman–Crippen LogP) is 3.16. The summed E-state index contributed by atoms with van der Waals surface area (Å²) < 4.78 is 63.0. The summed E-state index contributed by atoms with van der Waals surface area (Å²) in [6.45, 7) is 4.06. The van der Waals surface area contributed by atoms with E-state index in [1.54, 1.807) is 12.1 Å². The van der Waals surface area contributed by atoms with Gasteiger partial charge in [-0.2, -0.15) is 0 Å². The van der Waals surface area contributed by atoms with Crippen LogP contribution in [-0.2, 0) is 19.7 Å². The third kappa shape index (κ3) is 4.67. The van der Waals surface area contributed by atoms with Crippen molar-refractivity contribution in [2.45, 2.75) is 36.3 Å². The summed E-state index contributed by atoms with van der Waals surface area (Å²) in [5.74, 6) is -1.98. The number of carbonyl (C=O) groups is 1. The van der Waals surface area contributed by atoms with Gasteiger partial charge < -0.3 is 5.32 Å². The van der Waals surface area contributed by atoms with Crippen LogP contribution < -0.4 is 5.32 Å². The first kappa shape index (κ1) is 21.4. The molecular weight excluding hydrogens is 417 g/mol. The highest BCUT2D eigenvalue weighted by atomic mass is 32.2. The van der Waals surface area contributed by atoms with Crippen molar-refractivity contribution >= 4 is 31.3 Å². The largest absolute Gasteiger partial charge is 0.322 e. The number of carbonyl (C=O) groups excluding carboxylic acids is 1. The van der Waals surface area contributed by atoms with Crippen LogP contribution in [0.25, 0.3) is 0 Å². The molecule has 0 bridgehead atoms. The zero-order valence-corrected chi connectivity index (χ0v) is 17.7. The molecule has 2 aromatic carbocycles. The summed E-state index contributed by atoms with van der Waals surface area (Å²) in [5, 5.41) is 1.47. The fourth-order valence-corrected chi connectivity index (χ4v) is 7.59. The molecule has 0 spiro atoms. The van der Waals surface area contributed by atoms with E-state index in [-0.39, 0.29) is 17.1 Å². The highest BCUT2D eigenvalue weighted by molar-refractivity contribution is 7.96. The number of nitrogens with one attached hydrogen (secondary N) is 1. The summed E-state index contributed by atoms with van der Waals surface area (Å²) in [6, 6.07) is 10.0. The van der Waals surface area contributed by atoms with Gasteiger partial charge >= 0.3 is 0 Å². The number of amides is 1. The topological polar surface area (TPSA) is 97.4 Å². The minimum atomic E-state index is -4.00. The van der Waals surface area contributed by atoms with E-state index in [0.717, 1.165) is 23.8 Å². The number of anilines is 1. The molecule has 1 heterocycles. The summed E-state index contributed by atoms with van der Waals surface area (Å²) >= 11 is 0. The van der Waals surface area contributed by atoms with E-state index in [1.165, 1.54) is 0 Å². The van der Waals surface area contributed by atoms with Gasteiger partial charge in [0.25, 0.3) is 5.91 Å². The van der Waals surface area contributed by atoms with E-state index >= 15 is 0 Å². The number of halogens is 1. The second kappa shape index (κ2) is 7.87. The molecule has 0 radical (unpaired) electrons. The third-order valence-electron chi connectivity index (χ3n) is 4.98. The molecule has 9 heteroatoms. The second-order valence-electron chi connectivity index (χ2n) is 7.44. The first-order valence-corrected chi connectivity index (χ1v) is 12.5. The lowest BCUT2D eigenvalue weighted by Crippen LogP contribution is -2.23. The Morgan fingerprint density at radius 2 is 1.79 bits per heavy atom. The minimum absolute atomic E-state index is 0.00816. The van der Waals surface area contributed by atoms with Gasteiger partial charge in [0.15, 0.2) is 19.7 Å². The molecule has 1 atom stereocenters. The fourth-order valence-electron chi connectivity index (χ4n) is 3.20. The van der Waals surface area contributed by atoms with E-state index in [1.807, 2.05) is 26.0 Å². The van der Waals surface area contributed by atoms with Crippen LogP contribution in [0.3, 0.4) is 0 Å². The Labute approximate surface area is 170 Å². The van der Waals surface area contributed by atoms with Crippen molar-refractivity contribution in [1.82, 2.24) is 0 Å². The van der Waals surface area contributed by atoms with Crippen LogP contribution in [0.5, 0.6) is 0 Å². The molecule has 3 rings (SSSR count). The molecule has 0 unspecified atom stereocenters. The first-order valence-electron chi connectivity index (χ1n) is 9.15. The molecule has 156 valence electrons. The molecule has 1 amide bonds. The molecule has 1 saturated heterocycles. The number of hydrogen-bond acceptors (Lipinski definition) is 5. The smallest absolute Gasteiger partial charge is 0.258 e. The van der Waals surface area contributed by atoms with Crippen LogP contribution in [0.4, 0.5) is 10.1 Å². The monoisotopic (exact) mass is 439 g/mol. The average Bonchev–Trinajstić information content (AvgIpc) is 3.03. The normalized spacial score (nSPS) is 18.7. The molecule has 0 saturated carbocycles. The lowest BCUT2D eigenvalue weighted by molar-refractivity contribution is 0.102. The zero-order valence-electron chi connectivity index (χ0n) is 16.1. The molecule has 1 aliphatic heterocycles. The summed E-state index contributed by atoms with van der Waals surface area (Å²) in [7, 11) is -7.40. The number of sulfone groups is 2. The SMILES string of the molecule is CC(C)c1ccc(NC(=O)c2cc(S(=O)(=O)[C@@H]3CCS(=O)(=O)C3)ccc2F)cc1. The van der Waals surface area contributed by atoms with Crippen molar-refractivity contribution in [3.05, 3.63) is 59.4 Å². The van der Waals surface area contributed by atoms with E-state index in [4.69, 9.17) is 0 Å². The maximum absolute atomic E-state index is 14.2. The molecule has 29 heavy (non-hydrogen) atoms. The molecule has 2 aromatic rings. The van der Waals surface area contributed by atoms with Crippen molar-refractivity contribution in [2.75, 3.05) is 16.8 Å². The van der Waals surface area contributed by atoms with Gasteiger partial charge in [0.05, 0.1) is 27.2 Å². The van der Waals surface area contributed by atoms with E-state index in [9.17, 15) is 26.0 Å². The Balaban J connectivity index is 1.86. The Hall–Kier alpha value is -2.26. The molecule has 0 aliphatic carbocycles. The van der Waals surface area contributed by atoms with Crippen LogP contribution >= 0.6 is 0 Å². The van der Waals surface area contributed by atoms with Gasteiger partial charge in [0.1, 0.15) is 5.82 Å². The Kier molecular flexibility index (Phi) is 5.82. The highest BCUT2D eigenvalue weighted by Crippen LogP contribution is 2.27. The molecular formula is C20H22FNO5S2. The van der Waals surface area contributed by atoms with Crippen LogP contribution in [0.1, 0.15) is 42.1 Å². The average molecular weight is 440 g/mol. The Bertz CT molecular complexity index is 1140. The molecule has 1 fully saturated rings. The molecule has 6 nitrogen and oxygen atoms in total. The summed E-state index contributed by atoms with van der Waals surface area (Å²) in [5.41, 5.74) is 1.11. The molecule has 0 aromatic heterocycles. The van der Waals surface area contributed by atoms with Gasteiger partial charge in [-0.05, 0) is 48.2 Å². The number of hydrogen-bond donors (Lipinski definition) is 1. The third-order valence-corrected chi connectivity index (χ3v) is 9.15. The van der Waals surface area contributed by atoms with E-state index in [0.29, 0.717) is 11.6 Å². The maximum atomic E-state index is 14.2. The highest BCUT2D eigenvalue weighted by Gasteiger charge is 2.38. The Morgan fingerprint density at radius 1 is 1.14 bits per heavy atom. The van der Waals surface area contributed by atoms with Crippen LogP contribution in [-0.4, -0.2) is 39.5 Å². The van der Waals surface area contributed by atoms with Gasteiger partial charge in [-0.1, -0.05) is 26.0 Å². The van der Waals surface area contributed by atoms with Gasteiger partial charge in [0.2, 0.25) is 0 Å². The van der Waals surface area contributed by atoms with E-state index in [2.05, 4.69) is 5.32 Å². The lowest BCUT2D eigenvalue weighted by Gasteiger charge is -2.12. The molecule has 1 N–H and O–H groups in total. The first-order chi connectivity index (χ1) is 13.5. The minimum Gasteiger partial charge on any atom is -0.322 e. The van der Waals surface area contributed by atoms with Gasteiger partial charge in [-0.15, -0.1) is 0 Å². The van der Waals surface area contributed by atoms with Crippen LogP contribution in [0.2, 0.25) is 0 Å². The van der Waals surface area contributed by atoms with Crippen molar-refractivity contribution in [2.24, 2.45) is 0 Å². The fraction of sp³-hybridized carbons (Fsp3) is 0.350. The van der Waals surface area contributed by atoms with Gasteiger partial charge in [0, 0.05) is 5.69 Å². The van der Waals surface area contributed by atoms with Crippen molar-refractivity contribution in [3.63, 3.8) is 0 Å². The summed E-state index contributed by atoms with van der Waals surface area (Å²) in [6.07, 6.45) is -0.00816. The van der Waals surface area contributed by atoms with Crippen molar-refractivity contribution < 1.29 is 26.0 Å². The van der Waals surface area contributed by atoms with Crippen LogP contribution in [0.15, 0.2) is 47.4 Å². The Morgan fingerprint density at radius 3 is 2.34 bits per heavy atom. The number of benzene rings is 2. The van der Waals surface area contributed by atoms with Gasteiger partial charge in [-0.25, -0.2) is 21.2 Å². The standard InChI is InChI=1S/C20H22FNO5S2/c1-13(2)14-3-5-15(6-4-14)22-20(23)18-11-16(7-8-19(18)21)29(26,27)17-9-10-28(24,25)12-17/h3-8,11,13,17H,9-10,12H2,1-2H3,(H,22,23)/t17-/m1/s1. The van der Waals surface area contributed by atoms with E-state index < -0.39 is 48.0 Å². The van der Waals surface area contributed by atoms with Crippen molar-refractivity contribution in [1.29, 1.82) is 0 Å². The zero-order chi connectivity index (χ0) is 21.4. The van der Waals surface area contributed by atoms with Crippen molar-refractivity contribution in [3.8, 4) is 0 Å². The maximum Gasteiger partial charge on any atom is 0.258 e. The second-order valence-corrected chi connectivity index (χ2v) is 11.9. The molecule has 1 aliphatic rings. The quantitative estimate of drug-likeness (QED) is 0.722. The van der Waals surface area contributed by atoms with Crippen LogP contribution in [0, 0.1) is 5.82 Å². The van der Waals surface area contributed by atoms with Gasteiger partial charge in [-0.3, -0.25) is 4.79 Å². The predicted molar refractivity (Wildman–Crippen MR) is 109 cm³/mol.